The zero-order chi connectivity index (χ0) is 15.1. The topological polar surface area (TPSA) is 116 Å². The number of carbonyl (C=O) groups excluding carboxylic acids is 1. The Morgan fingerprint density at radius 2 is 2.05 bits per heavy atom. The monoisotopic (exact) mass is 364 g/mol. The fourth-order valence-electron chi connectivity index (χ4n) is 1.35. The lowest BCUT2D eigenvalue weighted by molar-refractivity contribution is -0.140. The van der Waals surface area contributed by atoms with Gasteiger partial charge in [0.1, 0.15) is 6.04 Å². The van der Waals surface area contributed by atoms with Crippen LogP contribution in [-0.2, 0) is 16.1 Å². The number of halogens is 1. The summed E-state index contributed by atoms with van der Waals surface area (Å²) in [6.07, 6.45) is -0.492. The summed E-state index contributed by atoms with van der Waals surface area (Å²) in [4.78, 5) is 33.8. The molecule has 110 valence electrons. The predicted octanol–water partition coefficient (Wildman–Crippen LogP) is 1.63. The Labute approximate surface area is 127 Å². The van der Waals surface area contributed by atoms with Gasteiger partial charge < -0.3 is 20.8 Å². The van der Waals surface area contributed by atoms with E-state index in [9.17, 15) is 14.4 Å². The zero-order valence-corrected chi connectivity index (χ0v) is 12.7. The number of carboxylic acids is 2. The van der Waals surface area contributed by atoms with Crippen LogP contribution in [0.5, 0.6) is 0 Å². The van der Waals surface area contributed by atoms with Gasteiger partial charge >= 0.3 is 18.0 Å². The molecule has 0 spiro atoms. The van der Waals surface area contributed by atoms with Crippen molar-refractivity contribution in [3.8, 4) is 0 Å². The van der Waals surface area contributed by atoms with E-state index in [4.69, 9.17) is 10.2 Å². The molecule has 0 fully saturated rings. The summed E-state index contributed by atoms with van der Waals surface area (Å²) in [7, 11) is 0. The van der Waals surface area contributed by atoms with Crippen LogP contribution in [0.3, 0.4) is 0 Å². The number of carboxylic acid groups (broad SMARTS) is 2. The van der Waals surface area contributed by atoms with E-state index in [1.54, 1.807) is 0 Å². The molecule has 1 heterocycles. The predicted molar refractivity (Wildman–Crippen MR) is 75.7 cm³/mol. The smallest absolute Gasteiger partial charge is 0.326 e. The van der Waals surface area contributed by atoms with Crippen LogP contribution in [0.2, 0.25) is 0 Å². The zero-order valence-electron chi connectivity index (χ0n) is 10.3. The van der Waals surface area contributed by atoms with E-state index < -0.39 is 24.0 Å². The average Bonchev–Trinajstić information content (AvgIpc) is 2.77. The molecule has 0 radical (unpaired) electrons. The van der Waals surface area contributed by atoms with Crippen molar-refractivity contribution in [3.05, 3.63) is 20.8 Å². The van der Waals surface area contributed by atoms with Crippen LogP contribution in [0.15, 0.2) is 15.9 Å². The molecule has 0 bridgehead atoms. The molecule has 7 nitrogen and oxygen atoms in total. The molecule has 1 aromatic rings. The molecule has 4 N–H and O–H groups in total. The van der Waals surface area contributed by atoms with Crippen molar-refractivity contribution < 1.29 is 24.6 Å². The first kappa shape index (κ1) is 16.4. The van der Waals surface area contributed by atoms with Crippen LogP contribution in [0.1, 0.15) is 17.7 Å². The quantitative estimate of drug-likeness (QED) is 0.586. The summed E-state index contributed by atoms with van der Waals surface area (Å²) in [6, 6.07) is -0.0343. The number of hydrogen-bond donors (Lipinski definition) is 4. The van der Waals surface area contributed by atoms with Crippen molar-refractivity contribution in [2.24, 2.45) is 0 Å². The number of aliphatic carboxylic acids is 2. The van der Waals surface area contributed by atoms with Gasteiger partial charge in [-0.25, -0.2) is 9.59 Å². The Balaban J connectivity index is 2.43. The molecular weight excluding hydrogens is 352 g/mol. The third-order valence-electron chi connectivity index (χ3n) is 2.35. The van der Waals surface area contributed by atoms with Crippen molar-refractivity contribution in [1.82, 2.24) is 10.6 Å². The minimum atomic E-state index is -1.27. The first-order valence-electron chi connectivity index (χ1n) is 5.61. The highest BCUT2D eigenvalue weighted by molar-refractivity contribution is 9.10. The van der Waals surface area contributed by atoms with E-state index in [1.165, 1.54) is 11.3 Å². The summed E-state index contributed by atoms with van der Waals surface area (Å²) >= 11 is 4.76. The number of urea groups is 1. The van der Waals surface area contributed by atoms with E-state index in [0.29, 0.717) is 0 Å². The standard InChI is InChI=1S/C11H13BrN2O5S/c12-6-3-4-20-8(6)5-13-11(19)14-7(10(17)18)1-2-9(15)16/h3-4,7H,1-2,5H2,(H,15,16)(H,17,18)(H2,13,14,19). The minimum absolute atomic E-state index is 0.166. The second-order valence-electron chi connectivity index (χ2n) is 3.84. The second-order valence-corrected chi connectivity index (χ2v) is 5.70. The summed E-state index contributed by atoms with van der Waals surface area (Å²) in [6.45, 7) is 0.259. The maximum atomic E-state index is 11.6. The maximum Gasteiger partial charge on any atom is 0.326 e. The summed E-state index contributed by atoms with van der Waals surface area (Å²) < 4.78 is 0.864. The Kier molecular flexibility index (Phi) is 6.46. The molecule has 0 aliphatic carbocycles. The van der Waals surface area contributed by atoms with E-state index in [0.717, 1.165) is 9.35 Å². The number of amides is 2. The van der Waals surface area contributed by atoms with Gasteiger partial charge in [0.2, 0.25) is 0 Å². The van der Waals surface area contributed by atoms with E-state index in [2.05, 4.69) is 26.6 Å². The molecule has 1 aromatic heterocycles. The lowest BCUT2D eigenvalue weighted by Crippen LogP contribution is -2.45. The highest BCUT2D eigenvalue weighted by Crippen LogP contribution is 2.21. The lowest BCUT2D eigenvalue weighted by atomic mass is 10.1. The minimum Gasteiger partial charge on any atom is -0.481 e. The molecule has 20 heavy (non-hydrogen) atoms. The van der Waals surface area contributed by atoms with Gasteiger partial charge in [0, 0.05) is 15.8 Å². The first-order chi connectivity index (χ1) is 9.40. The molecule has 2 amide bonds. The van der Waals surface area contributed by atoms with Crippen molar-refractivity contribution >= 4 is 45.2 Å². The maximum absolute atomic E-state index is 11.6. The number of carbonyl (C=O) groups is 3. The molecule has 0 saturated heterocycles. The third kappa shape index (κ3) is 5.57. The van der Waals surface area contributed by atoms with Gasteiger partial charge in [-0.2, -0.15) is 0 Å². The summed E-state index contributed by atoms with van der Waals surface area (Å²) in [5.74, 6) is -2.38. The normalized spacial score (nSPS) is 11.7. The molecule has 0 aliphatic heterocycles. The van der Waals surface area contributed by atoms with E-state index in [-0.39, 0.29) is 19.4 Å². The van der Waals surface area contributed by atoms with Gasteiger partial charge in [0.15, 0.2) is 0 Å². The molecule has 0 saturated carbocycles. The number of hydrogen-bond acceptors (Lipinski definition) is 4. The summed E-state index contributed by atoms with van der Waals surface area (Å²) in [5, 5.41) is 24.0. The fraction of sp³-hybridized carbons (Fsp3) is 0.364. The van der Waals surface area contributed by atoms with Crippen LogP contribution < -0.4 is 10.6 Å². The average molecular weight is 365 g/mol. The van der Waals surface area contributed by atoms with Crippen molar-refractivity contribution in [1.29, 1.82) is 0 Å². The van der Waals surface area contributed by atoms with Gasteiger partial charge in [0.05, 0.1) is 6.54 Å². The first-order valence-corrected chi connectivity index (χ1v) is 7.28. The van der Waals surface area contributed by atoms with Crippen molar-refractivity contribution in [2.75, 3.05) is 0 Å². The van der Waals surface area contributed by atoms with E-state index in [1.807, 2.05) is 11.4 Å². The van der Waals surface area contributed by atoms with Crippen molar-refractivity contribution in [3.63, 3.8) is 0 Å². The molecule has 1 atom stereocenters. The number of rotatable bonds is 7. The van der Waals surface area contributed by atoms with Gasteiger partial charge in [-0.15, -0.1) is 11.3 Å². The Hall–Kier alpha value is -1.61. The van der Waals surface area contributed by atoms with Crippen LogP contribution in [0, 0.1) is 0 Å². The van der Waals surface area contributed by atoms with Crippen LogP contribution in [0.25, 0.3) is 0 Å². The Bertz CT molecular complexity index is 505. The molecule has 0 aromatic carbocycles. The number of thiophene rings is 1. The largest absolute Gasteiger partial charge is 0.481 e. The van der Waals surface area contributed by atoms with Crippen LogP contribution in [-0.4, -0.2) is 34.2 Å². The molecular formula is C11H13BrN2O5S. The lowest BCUT2D eigenvalue weighted by Gasteiger charge is -2.14. The summed E-state index contributed by atoms with van der Waals surface area (Å²) in [5.41, 5.74) is 0. The second kappa shape index (κ2) is 7.85. The molecule has 1 rings (SSSR count). The van der Waals surface area contributed by atoms with Crippen LogP contribution in [0.4, 0.5) is 4.79 Å². The van der Waals surface area contributed by atoms with Crippen molar-refractivity contribution in [2.45, 2.75) is 25.4 Å². The Morgan fingerprint density at radius 1 is 1.35 bits per heavy atom. The SMILES string of the molecule is O=C(O)CCC(NC(=O)NCc1sccc1Br)C(=O)O. The molecule has 1 unspecified atom stereocenters. The van der Waals surface area contributed by atoms with Gasteiger partial charge in [0.25, 0.3) is 0 Å². The highest BCUT2D eigenvalue weighted by Gasteiger charge is 2.20. The third-order valence-corrected chi connectivity index (χ3v) is 4.28. The van der Waals surface area contributed by atoms with Crippen LogP contribution >= 0.6 is 27.3 Å². The molecule has 9 heteroatoms. The Morgan fingerprint density at radius 3 is 2.55 bits per heavy atom. The van der Waals surface area contributed by atoms with E-state index >= 15 is 0 Å². The van der Waals surface area contributed by atoms with Gasteiger partial charge in [-0.1, -0.05) is 0 Å². The number of nitrogens with one attached hydrogen (secondary N) is 2. The highest BCUT2D eigenvalue weighted by atomic mass is 79.9. The van der Waals surface area contributed by atoms with Gasteiger partial charge in [-0.3, -0.25) is 4.79 Å². The van der Waals surface area contributed by atoms with Gasteiger partial charge in [-0.05, 0) is 33.8 Å². The fourth-order valence-corrected chi connectivity index (χ4v) is 2.78. The molecule has 0 aliphatic rings.